The van der Waals surface area contributed by atoms with Crippen LogP contribution in [0.5, 0.6) is 5.75 Å². The molecule has 0 spiro atoms. The molecule has 1 aromatic carbocycles. The van der Waals surface area contributed by atoms with Crippen molar-refractivity contribution in [1.29, 1.82) is 0 Å². The Morgan fingerprint density at radius 2 is 2.04 bits per heavy atom. The number of ether oxygens (including phenoxy) is 1. The number of benzene rings is 1. The van der Waals surface area contributed by atoms with Crippen molar-refractivity contribution in [3.63, 3.8) is 0 Å². The summed E-state index contributed by atoms with van der Waals surface area (Å²) in [5.41, 5.74) is 1.55. The van der Waals surface area contributed by atoms with Crippen molar-refractivity contribution in [2.75, 3.05) is 18.9 Å². The molecule has 0 aromatic heterocycles. The van der Waals surface area contributed by atoms with Gasteiger partial charge in [0.25, 0.3) is 5.91 Å². The van der Waals surface area contributed by atoms with E-state index in [0.717, 1.165) is 0 Å². The summed E-state index contributed by atoms with van der Waals surface area (Å²) in [6.07, 6.45) is 0.704. The van der Waals surface area contributed by atoms with Crippen LogP contribution in [0.2, 0.25) is 0 Å². The second-order valence-corrected chi connectivity index (χ2v) is 10.3. The summed E-state index contributed by atoms with van der Waals surface area (Å²) in [4.78, 5) is 10.6. The first kappa shape index (κ1) is 21.6. The fourth-order valence-electron chi connectivity index (χ4n) is 3.03. The van der Waals surface area contributed by atoms with Crippen LogP contribution in [0.4, 0.5) is 0 Å². The standard InChI is InChI=1S/C18H24N2O5S2/c1-4-5-12-25-14-7-9-15(10-8-14)27(23,24)18(16(21)20-22)17(2,3)26-13-6-11-19-18/h7-10,19,22H,6,11-13H2,1-3H3,(H,20,21). The lowest BCUT2D eigenvalue weighted by Crippen LogP contribution is -2.70. The number of hydroxylamine groups is 1. The molecule has 7 nitrogen and oxygen atoms in total. The lowest BCUT2D eigenvalue weighted by atomic mass is 10.0. The number of rotatable bonds is 5. The molecule has 1 amide bonds. The second-order valence-electron chi connectivity index (χ2n) is 6.45. The van der Waals surface area contributed by atoms with Crippen LogP contribution in [0.15, 0.2) is 29.2 Å². The molecule has 1 heterocycles. The summed E-state index contributed by atoms with van der Waals surface area (Å²) in [6, 6.07) is 5.82. The van der Waals surface area contributed by atoms with E-state index in [1.54, 1.807) is 26.3 Å². The Morgan fingerprint density at radius 3 is 2.63 bits per heavy atom. The van der Waals surface area contributed by atoms with E-state index in [4.69, 9.17) is 4.74 Å². The monoisotopic (exact) mass is 412 g/mol. The maximum Gasteiger partial charge on any atom is 0.281 e. The molecule has 3 N–H and O–H groups in total. The van der Waals surface area contributed by atoms with Gasteiger partial charge in [-0.05, 0) is 63.8 Å². The first-order chi connectivity index (χ1) is 12.7. The molecule has 0 radical (unpaired) electrons. The van der Waals surface area contributed by atoms with Gasteiger partial charge in [-0.3, -0.25) is 15.3 Å². The van der Waals surface area contributed by atoms with Gasteiger partial charge in [0, 0.05) is 0 Å². The molecular formula is C18H24N2O5S2. The van der Waals surface area contributed by atoms with Gasteiger partial charge in [0.05, 0.1) is 9.64 Å². The molecule has 1 aromatic rings. The summed E-state index contributed by atoms with van der Waals surface area (Å²) in [6.45, 7) is 5.60. The molecule has 1 atom stereocenters. The smallest absolute Gasteiger partial charge is 0.281 e. The molecule has 1 fully saturated rings. The normalized spacial score (nSPS) is 22.1. The summed E-state index contributed by atoms with van der Waals surface area (Å²) in [7, 11) is -4.20. The van der Waals surface area contributed by atoms with Gasteiger partial charge in [0.15, 0.2) is 0 Å². The zero-order valence-corrected chi connectivity index (χ0v) is 17.2. The number of hydrogen-bond acceptors (Lipinski definition) is 7. The minimum absolute atomic E-state index is 0.0388. The summed E-state index contributed by atoms with van der Waals surface area (Å²) in [5.74, 6) is 5.63. The lowest BCUT2D eigenvalue weighted by molar-refractivity contribution is -0.133. The van der Waals surface area contributed by atoms with E-state index in [-0.39, 0.29) is 11.5 Å². The number of sulfone groups is 1. The minimum Gasteiger partial charge on any atom is -0.481 e. The predicted octanol–water partition coefficient (Wildman–Crippen LogP) is 1.57. The molecule has 1 aliphatic rings. The minimum atomic E-state index is -4.20. The number of carbonyl (C=O) groups excluding carboxylic acids is 1. The van der Waals surface area contributed by atoms with Crippen molar-refractivity contribution in [3.05, 3.63) is 24.3 Å². The number of carbonyl (C=O) groups is 1. The van der Waals surface area contributed by atoms with Crippen LogP contribution < -0.4 is 15.5 Å². The average molecular weight is 413 g/mol. The third-order valence-electron chi connectivity index (χ3n) is 4.45. The van der Waals surface area contributed by atoms with Gasteiger partial charge < -0.3 is 4.74 Å². The largest absolute Gasteiger partial charge is 0.481 e. The van der Waals surface area contributed by atoms with Crippen molar-refractivity contribution in [3.8, 4) is 17.6 Å². The van der Waals surface area contributed by atoms with Crippen LogP contribution in [-0.4, -0.2) is 48.1 Å². The van der Waals surface area contributed by atoms with E-state index < -0.39 is 25.4 Å². The molecule has 9 heteroatoms. The first-order valence-electron chi connectivity index (χ1n) is 8.43. The Kier molecular flexibility index (Phi) is 6.81. The Labute approximate surface area is 164 Å². The summed E-state index contributed by atoms with van der Waals surface area (Å²) >= 11 is 1.38. The fourth-order valence-corrected chi connectivity index (χ4v) is 6.78. The zero-order valence-electron chi connectivity index (χ0n) is 15.5. The Hall–Kier alpha value is -1.73. The van der Waals surface area contributed by atoms with E-state index in [1.165, 1.54) is 36.0 Å². The van der Waals surface area contributed by atoms with Crippen molar-refractivity contribution in [2.45, 2.75) is 41.7 Å². The molecular weight excluding hydrogens is 388 g/mol. The predicted molar refractivity (Wildman–Crippen MR) is 104 cm³/mol. The SMILES string of the molecule is CC#CCOc1ccc(S(=O)(=O)C2(C(=O)NO)NCCCSC2(C)C)cc1. The van der Waals surface area contributed by atoms with Crippen LogP contribution in [0.1, 0.15) is 27.2 Å². The van der Waals surface area contributed by atoms with Gasteiger partial charge in [-0.15, -0.1) is 5.92 Å². The lowest BCUT2D eigenvalue weighted by Gasteiger charge is -2.42. The highest BCUT2D eigenvalue weighted by Crippen LogP contribution is 2.44. The maximum absolute atomic E-state index is 13.5. The van der Waals surface area contributed by atoms with E-state index in [0.29, 0.717) is 24.5 Å². The van der Waals surface area contributed by atoms with Crippen LogP contribution in [0.25, 0.3) is 0 Å². The molecule has 1 unspecified atom stereocenters. The van der Waals surface area contributed by atoms with Crippen molar-refractivity contribution < 1.29 is 23.2 Å². The molecule has 0 saturated carbocycles. The van der Waals surface area contributed by atoms with Crippen molar-refractivity contribution in [1.82, 2.24) is 10.8 Å². The van der Waals surface area contributed by atoms with Crippen LogP contribution in [-0.2, 0) is 14.6 Å². The van der Waals surface area contributed by atoms with Gasteiger partial charge in [-0.1, -0.05) is 5.92 Å². The van der Waals surface area contributed by atoms with E-state index >= 15 is 0 Å². The second kappa shape index (κ2) is 8.52. The van der Waals surface area contributed by atoms with Crippen LogP contribution in [0.3, 0.4) is 0 Å². The molecule has 2 rings (SSSR count). The number of amides is 1. The number of hydrogen-bond donors (Lipinski definition) is 3. The Balaban J connectivity index is 2.51. The van der Waals surface area contributed by atoms with E-state index in [2.05, 4.69) is 17.2 Å². The molecule has 1 saturated heterocycles. The van der Waals surface area contributed by atoms with E-state index in [9.17, 15) is 18.4 Å². The molecule has 0 aliphatic carbocycles. The van der Waals surface area contributed by atoms with Gasteiger partial charge in [0.2, 0.25) is 14.7 Å². The Bertz CT molecular complexity index is 841. The fraction of sp³-hybridized carbons (Fsp3) is 0.500. The topological polar surface area (TPSA) is 105 Å². The molecule has 1 aliphatic heterocycles. The van der Waals surface area contributed by atoms with Crippen LogP contribution >= 0.6 is 11.8 Å². The van der Waals surface area contributed by atoms with Crippen molar-refractivity contribution >= 4 is 27.5 Å². The third-order valence-corrected chi connectivity index (χ3v) is 8.64. The third kappa shape index (κ3) is 3.94. The van der Waals surface area contributed by atoms with Crippen molar-refractivity contribution in [2.24, 2.45) is 0 Å². The summed E-state index contributed by atoms with van der Waals surface area (Å²) in [5, 5.41) is 12.2. The van der Waals surface area contributed by atoms with Crippen LogP contribution in [0, 0.1) is 11.8 Å². The van der Waals surface area contributed by atoms with E-state index in [1.807, 2.05) is 0 Å². The van der Waals surface area contributed by atoms with Gasteiger partial charge in [0.1, 0.15) is 12.4 Å². The molecule has 148 valence electrons. The van der Waals surface area contributed by atoms with Gasteiger partial charge >= 0.3 is 0 Å². The zero-order chi connectivity index (χ0) is 20.1. The highest BCUT2D eigenvalue weighted by Gasteiger charge is 2.62. The maximum atomic E-state index is 13.5. The first-order valence-corrected chi connectivity index (χ1v) is 10.9. The summed E-state index contributed by atoms with van der Waals surface area (Å²) < 4.78 is 31.5. The Morgan fingerprint density at radius 1 is 1.37 bits per heavy atom. The highest BCUT2D eigenvalue weighted by molar-refractivity contribution is 8.02. The molecule has 27 heavy (non-hydrogen) atoms. The van der Waals surface area contributed by atoms with Gasteiger partial charge in [-0.25, -0.2) is 13.9 Å². The number of thioether (sulfide) groups is 1. The number of nitrogens with one attached hydrogen (secondary N) is 2. The quantitative estimate of drug-likeness (QED) is 0.383. The highest BCUT2D eigenvalue weighted by atomic mass is 32.2. The average Bonchev–Trinajstić information content (AvgIpc) is 2.80. The molecule has 0 bridgehead atoms. The van der Waals surface area contributed by atoms with Gasteiger partial charge in [-0.2, -0.15) is 11.8 Å².